The van der Waals surface area contributed by atoms with Gasteiger partial charge >= 0.3 is 0 Å². The summed E-state index contributed by atoms with van der Waals surface area (Å²) in [6, 6.07) is 7.23. The van der Waals surface area contributed by atoms with Crippen molar-refractivity contribution in [2.45, 2.75) is 0 Å². The fourth-order valence-electron chi connectivity index (χ4n) is 0.828. The van der Waals surface area contributed by atoms with Gasteiger partial charge in [-0.2, -0.15) is 5.26 Å². The number of nitriles is 1. The Labute approximate surface area is 66.0 Å². The molecule has 0 spiro atoms. The molecule has 1 aromatic carbocycles. The molecule has 0 aromatic heterocycles. The number of ether oxygens (including phenoxy) is 1. The van der Waals surface area contributed by atoms with Crippen molar-refractivity contribution in [2.75, 3.05) is 7.11 Å². The van der Waals surface area contributed by atoms with Crippen LogP contribution in [0, 0.1) is 18.3 Å². The Bertz CT molecular complexity index is 299. The Hall–Kier alpha value is -1.49. The van der Waals surface area contributed by atoms with Crippen LogP contribution < -0.4 is 4.74 Å². The summed E-state index contributed by atoms with van der Waals surface area (Å²) in [5.74, 6) is 0.583. The van der Waals surface area contributed by atoms with E-state index in [0.29, 0.717) is 11.3 Å². The molecule has 0 atom stereocenters. The van der Waals surface area contributed by atoms with Crippen LogP contribution in [0.1, 0.15) is 11.1 Å². The van der Waals surface area contributed by atoms with Crippen LogP contribution in [0.4, 0.5) is 0 Å². The molecular weight excluding hydrogens is 138 g/mol. The molecule has 2 nitrogen and oxygen atoms in total. The summed E-state index contributed by atoms with van der Waals surface area (Å²) in [6.07, 6.45) is 0. The van der Waals surface area contributed by atoms with Crippen LogP contribution in [0.5, 0.6) is 5.75 Å². The van der Waals surface area contributed by atoms with Gasteiger partial charge in [0.25, 0.3) is 0 Å². The molecule has 0 aliphatic carbocycles. The van der Waals surface area contributed by atoms with Crippen LogP contribution in [0.2, 0.25) is 0 Å². The summed E-state index contributed by atoms with van der Waals surface area (Å²) in [6.45, 7) is 3.72. The second kappa shape index (κ2) is 3.07. The molecule has 55 valence electrons. The largest absolute Gasteiger partial charge is 0.495 e. The lowest BCUT2D eigenvalue weighted by molar-refractivity contribution is 0.413. The highest BCUT2D eigenvalue weighted by molar-refractivity contribution is 5.45. The van der Waals surface area contributed by atoms with Gasteiger partial charge in [0.2, 0.25) is 0 Å². The van der Waals surface area contributed by atoms with Crippen molar-refractivity contribution in [3.05, 3.63) is 36.2 Å². The highest BCUT2D eigenvalue weighted by Gasteiger charge is 1.99. The Kier molecular flexibility index (Phi) is 2.12. The van der Waals surface area contributed by atoms with Gasteiger partial charge in [0.15, 0.2) is 0 Å². The van der Waals surface area contributed by atoms with Crippen molar-refractivity contribution >= 4 is 0 Å². The summed E-state index contributed by atoms with van der Waals surface area (Å²) in [5, 5.41) is 8.59. The van der Waals surface area contributed by atoms with Crippen LogP contribution in [-0.2, 0) is 0 Å². The summed E-state index contributed by atoms with van der Waals surface area (Å²) in [4.78, 5) is 0. The predicted octanol–water partition coefficient (Wildman–Crippen LogP) is 1.75. The molecular formula is C9H8NO. The topological polar surface area (TPSA) is 33.0 Å². The van der Waals surface area contributed by atoms with Crippen molar-refractivity contribution in [3.8, 4) is 11.8 Å². The fourth-order valence-corrected chi connectivity index (χ4v) is 0.828. The Morgan fingerprint density at radius 3 is 2.82 bits per heavy atom. The summed E-state index contributed by atoms with van der Waals surface area (Å²) in [7, 11) is 1.54. The van der Waals surface area contributed by atoms with Crippen LogP contribution in [-0.4, -0.2) is 7.11 Å². The van der Waals surface area contributed by atoms with E-state index < -0.39 is 0 Å². The minimum atomic E-state index is 0.542. The number of hydrogen-bond donors (Lipinski definition) is 0. The first kappa shape index (κ1) is 7.62. The standard InChI is InChI=1S/C9H8NO/c1-7-3-4-8(6-10)9(5-7)11-2/h3-5H,1H2,2H3. The number of methoxy groups -OCH3 is 1. The third-order valence-corrected chi connectivity index (χ3v) is 1.39. The molecule has 0 heterocycles. The van der Waals surface area contributed by atoms with E-state index in [2.05, 4.69) is 6.92 Å². The number of hydrogen-bond acceptors (Lipinski definition) is 2. The van der Waals surface area contributed by atoms with E-state index in [0.717, 1.165) is 5.56 Å². The number of rotatable bonds is 1. The molecule has 0 aliphatic heterocycles. The lowest BCUT2D eigenvalue weighted by atomic mass is 10.1. The highest BCUT2D eigenvalue weighted by Crippen LogP contribution is 2.18. The van der Waals surface area contributed by atoms with E-state index in [1.165, 1.54) is 7.11 Å². The zero-order chi connectivity index (χ0) is 8.27. The molecule has 1 aromatic rings. The average Bonchev–Trinajstić information content (AvgIpc) is 2.04. The van der Waals surface area contributed by atoms with Crippen LogP contribution >= 0.6 is 0 Å². The van der Waals surface area contributed by atoms with Crippen molar-refractivity contribution < 1.29 is 4.74 Å². The second-order valence-electron chi connectivity index (χ2n) is 2.15. The third kappa shape index (κ3) is 1.50. The molecule has 2 heteroatoms. The molecule has 0 saturated carbocycles. The Balaban J connectivity index is 3.19. The van der Waals surface area contributed by atoms with Crippen LogP contribution in [0.25, 0.3) is 0 Å². The van der Waals surface area contributed by atoms with E-state index >= 15 is 0 Å². The van der Waals surface area contributed by atoms with Gasteiger partial charge in [-0.1, -0.05) is 6.07 Å². The maximum Gasteiger partial charge on any atom is 0.136 e. The molecule has 0 amide bonds. The predicted molar refractivity (Wildman–Crippen MR) is 42.2 cm³/mol. The smallest absolute Gasteiger partial charge is 0.136 e. The zero-order valence-corrected chi connectivity index (χ0v) is 6.29. The molecule has 0 fully saturated rings. The SMILES string of the molecule is [CH2]c1ccc(C#N)c(OC)c1. The van der Waals surface area contributed by atoms with Crippen LogP contribution in [0.15, 0.2) is 18.2 Å². The van der Waals surface area contributed by atoms with Gasteiger partial charge in [0.05, 0.1) is 12.7 Å². The zero-order valence-electron chi connectivity index (χ0n) is 6.29. The quantitative estimate of drug-likeness (QED) is 0.604. The van der Waals surface area contributed by atoms with Crippen molar-refractivity contribution in [1.82, 2.24) is 0 Å². The summed E-state index contributed by atoms with van der Waals surface area (Å²) >= 11 is 0. The molecule has 0 unspecified atom stereocenters. The van der Waals surface area contributed by atoms with Gasteiger partial charge in [-0.3, -0.25) is 0 Å². The van der Waals surface area contributed by atoms with E-state index in [-0.39, 0.29) is 0 Å². The lowest BCUT2D eigenvalue weighted by Gasteiger charge is -2.01. The fraction of sp³-hybridized carbons (Fsp3) is 0.111. The highest BCUT2D eigenvalue weighted by atomic mass is 16.5. The lowest BCUT2D eigenvalue weighted by Crippen LogP contribution is -1.87. The Morgan fingerprint density at radius 1 is 1.55 bits per heavy atom. The third-order valence-electron chi connectivity index (χ3n) is 1.39. The first-order valence-corrected chi connectivity index (χ1v) is 3.18. The first-order valence-electron chi connectivity index (χ1n) is 3.18. The average molecular weight is 146 g/mol. The normalized spacial score (nSPS) is 8.82. The molecule has 1 rings (SSSR count). The minimum Gasteiger partial charge on any atom is -0.495 e. The van der Waals surface area contributed by atoms with Gasteiger partial charge < -0.3 is 4.74 Å². The van der Waals surface area contributed by atoms with E-state index in [1.54, 1.807) is 18.2 Å². The summed E-state index contributed by atoms with van der Waals surface area (Å²) in [5.41, 5.74) is 1.39. The molecule has 0 saturated heterocycles. The first-order chi connectivity index (χ1) is 5.27. The minimum absolute atomic E-state index is 0.542. The Morgan fingerprint density at radius 2 is 2.27 bits per heavy atom. The van der Waals surface area contributed by atoms with E-state index in [9.17, 15) is 0 Å². The van der Waals surface area contributed by atoms with Crippen molar-refractivity contribution in [2.24, 2.45) is 0 Å². The molecule has 0 aliphatic rings. The maximum atomic E-state index is 8.59. The second-order valence-corrected chi connectivity index (χ2v) is 2.15. The molecule has 0 bridgehead atoms. The monoisotopic (exact) mass is 146 g/mol. The number of benzene rings is 1. The van der Waals surface area contributed by atoms with Crippen molar-refractivity contribution in [1.29, 1.82) is 5.26 Å². The van der Waals surface area contributed by atoms with E-state index in [4.69, 9.17) is 10.00 Å². The van der Waals surface area contributed by atoms with E-state index in [1.807, 2.05) is 6.07 Å². The molecule has 11 heavy (non-hydrogen) atoms. The van der Waals surface area contributed by atoms with Crippen molar-refractivity contribution in [3.63, 3.8) is 0 Å². The summed E-state index contributed by atoms with van der Waals surface area (Å²) < 4.78 is 4.95. The van der Waals surface area contributed by atoms with Gasteiger partial charge in [-0.15, -0.1) is 0 Å². The molecule has 1 radical (unpaired) electrons. The van der Waals surface area contributed by atoms with Crippen LogP contribution in [0.3, 0.4) is 0 Å². The number of nitrogens with zero attached hydrogens (tertiary/aromatic N) is 1. The molecule has 0 N–H and O–H groups in total. The van der Waals surface area contributed by atoms with Gasteiger partial charge in [-0.25, -0.2) is 0 Å². The van der Waals surface area contributed by atoms with Gasteiger partial charge in [0.1, 0.15) is 11.8 Å². The van der Waals surface area contributed by atoms with Gasteiger partial charge in [-0.05, 0) is 24.6 Å². The van der Waals surface area contributed by atoms with Gasteiger partial charge in [0, 0.05) is 0 Å². The maximum absolute atomic E-state index is 8.59.